The lowest BCUT2D eigenvalue weighted by Gasteiger charge is -2.49. The Morgan fingerprint density at radius 1 is 1.33 bits per heavy atom. The minimum atomic E-state index is -1.08. The molecule has 3 nitrogen and oxygen atoms in total. The summed E-state index contributed by atoms with van der Waals surface area (Å²) in [6, 6.07) is 10.3. The Labute approximate surface area is 111 Å². The van der Waals surface area contributed by atoms with Crippen LogP contribution >= 0.6 is 0 Å². The minimum absolute atomic E-state index is 0.0234. The summed E-state index contributed by atoms with van der Waals surface area (Å²) in [6.07, 6.45) is 0.877. The molecule has 0 spiro atoms. The fourth-order valence-corrected chi connectivity index (χ4v) is 3.76. The molecule has 0 unspecified atom stereocenters. The van der Waals surface area contributed by atoms with Gasteiger partial charge in [0.15, 0.2) is 0 Å². The van der Waals surface area contributed by atoms with E-state index in [2.05, 4.69) is 12.1 Å². The van der Waals surface area contributed by atoms with Crippen LogP contribution in [0.15, 0.2) is 30.3 Å². The Morgan fingerprint density at radius 2 is 1.94 bits per heavy atom. The van der Waals surface area contributed by atoms with Gasteiger partial charge in [-0.3, -0.25) is 0 Å². The maximum Gasteiger partial charge on any atom is 0.101 e. The molecule has 0 amide bonds. The second kappa shape index (κ2) is 5.11. The van der Waals surface area contributed by atoms with Gasteiger partial charge in [-0.2, -0.15) is 0 Å². The molecule has 0 radical (unpaired) electrons. The average Bonchev–Trinajstić information content (AvgIpc) is 2.28. The molecule has 1 aromatic rings. The van der Waals surface area contributed by atoms with E-state index in [1.807, 2.05) is 43.3 Å². The van der Waals surface area contributed by atoms with Crippen LogP contribution in [0.4, 0.5) is 0 Å². The molecule has 18 heavy (non-hydrogen) atoms. The molecule has 1 aliphatic heterocycles. The quantitative estimate of drug-likeness (QED) is 0.912. The maximum atomic E-state index is 12.5. The van der Waals surface area contributed by atoms with Crippen molar-refractivity contribution in [3.63, 3.8) is 0 Å². The van der Waals surface area contributed by atoms with Gasteiger partial charge in [0, 0.05) is 12.1 Å². The van der Waals surface area contributed by atoms with Crippen LogP contribution in [-0.2, 0) is 11.0 Å². The van der Waals surface area contributed by atoms with Crippen molar-refractivity contribution in [1.29, 1.82) is 0 Å². The molecule has 1 heterocycles. The van der Waals surface area contributed by atoms with E-state index in [1.165, 1.54) is 5.56 Å². The third-order valence-electron chi connectivity index (χ3n) is 3.27. The third kappa shape index (κ3) is 2.51. The van der Waals surface area contributed by atoms with E-state index in [9.17, 15) is 9.32 Å². The summed E-state index contributed by atoms with van der Waals surface area (Å²) in [7, 11) is -1.08. The van der Waals surface area contributed by atoms with Crippen molar-refractivity contribution in [2.24, 2.45) is 0 Å². The standard InChI is InChI=1S/C14H21NO2S/c1-14(2,3)18(17)15-12(10-16)9-13(15)11-7-5-4-6-8-11/h4-8,12-13,16H,9-10H2,1-3H3/t12-,13-,18+/m0/s1. The minimum Gasteiger partial charge on any atom is -0.395 e. The first-order chi connectivity index (χ1) is 8.45. The van der Waals surface area contributed by atoms with E-state index in [0.29, 0.717) is 0 Å². The highest BCUT2D eigenvalue weighted by Gasteiger charge is 2.45. The summed E-state index contributed by atoms with van der Waals surface area (Å²) >= 11 is 0. The molecule has 1 saturated heterocycles. The first-order valence-electron chi connectivity index (χ1n) is 6.31. The number of aliphatic hydroxyl groups excluding tert-OH is 1. The first-order valence-corrected chi connectivity index (χ1v) is 7.42. The van der Waals surface area contributed by atoms with Crippen LogP contribution in [0.5, 0.6) is 0 Å². The molecule has 1 N–H and O–H groups in total. The molecule has 1 aromatic carbocycles. The Hall–Kier alpha value is -0.710. The van der Waals surface area contributed by atoms with Gasteiger partial charge in [-0.05, 0) is 32.8 Å². The Kier molecular flexibility index (Phi) is 3.90. The van der Waals surface area contributed by atoms with E-state index >= 15 is 0 Å². The summed E-state index contributed by atoms with van der Waals surface area (Å²) in [5, 5.41) is 9.36. The van der Waals surface area contributed by atoms with Crippen molar-refractivity contribution >= 4 is 11.0 Å². The van der Waals surface area contributed by atoms with E-state index in [4.69, 9.17) is 0 Å². The molecule has 0 aromatic heterocycles. The van der Waals surface area contributed by atoms with Crippen LogP contribution in [-0.4, -0.2) is 31.0 Å². The summed E-state index contributed by atoms with van der Waals surface area (Å²) in [4.78, 5) is 0. The highest BCUT2D eigenvalue weighted by molar-refractivity contribution is 7.84. The molecule has 4 heteroatoms. The van der Waals surface area contributed by atoms with Gasteiger partial charge in [-0.15, -0.1) is 0 Å². The number of nitrogens with zero attached hydrogens (tertiary/aromatic N) is 1. The van der Waals surface area contributed by atoms with Gasteiger partial charge in [-0.25, -0.2) is 8.51 Å². The summed E-state index contributed by atoms with van der Waals surface area (Å²) in [6.45, 7) is 5.99. The van der Waals surface area contributed by atoms with E-state index in [1.54, 1.807) is 0 Å². The molecule has 0 saturated carbocycles. The van der Waals surface area contributed by atoms with Gasteiger partial charge in [0.1, 0.15) is 11.0 Å². The second-order valence-electron chi connectivity index (χ2n) is 5.72. The maximum absolute atomic E-state index is 12.5. The van der Waals surface area contributed by atoms with Crippen LogP contribution in [0.2, 0.25) is 0 Å². The molecule has 0 bridgehead atoms. The zero-order chi connectivity index (χ0) is 13.3. The lowest BCUT2D eigenvalue weighted by molar-refractivity contribution is 0.0615. The topological polar surface area (TPSA) is 40.5 Å². The molecule has 3 atom stereocenters. The number of rotatable bonds is 3. The van der Waals surface area contributed by atoms with Crippen molar-refractivity contribution in [3.8, 4) is 0 Å². The highest BCUT2D eigenvalue weighted by Crippen LogP contribution is 2.42. The van der Waals surface area contributed by atoms with Crippen molar-refractivity contribution < 1.29 is 9.32 Å². The van der Waals surface area contributed by atoms with Crippen LogP contribution < -0.4 is 0 Å². The van der Waals surface area contributed by atoms with E-state index in [0.717, 1.165) is 6.42 Å². The highest BCUT2D eigenvalue weighted by atomic mass is 32.2. The molecule has 1 aliphatic rings. The Bertz CT molecular complexity index is 427. The van der Waals surface area contributed by atoms with Crippen LogP contribution in [0.25, 0.3) is 0 Å². The van der Waals surface area contributed by atoms with Gasteiger partial charge >= 0.3 is 0 Å². The Balaban J connectivity index is 2.22. The first kappa shape index (κ1) is 13.7. The summed E-state index contributed by atoms with van der Waals surface area (Å²) in [5.41, 5.74) is 1.18. The zero-order valence-electron chi connectivity index (χ0n) is 11.2. The lowest BCUT2D eigenvalue weighted by atomic mass is 9.91. The summed E-state index contributed by atoms with van der Waals surface area (Å²) < 4.78 is 14.2. The molecule has 0 aliphatic carbocycles. The normalized spacial score (nSPS) is 26.7. The van der Waals surface area contributed by atoms with Gasteiger partial charge in [0.25, 0.3) is 0 Å². The lowest BCUT2D eigenvalue weighted by Crippen LogP contribution is -2.56. The average molecular weight is 267 g/mol. The molecule has 1 fully saturated rings. The molecular formula is C14H21NO2S. The number of hydrogen-bond acceptors (Lipinski definition) is 2. The van der Waals surface area contributed by atoms with Gasteiger partial charge in [0.2, 0.25) is 0 Å². The van der Waals surface area contributed by atoms with Crippen LogP contribution in [0.3, 0.4) is 0 Å². The predicted molar refractivity (Wildman–Crippen MR) is 74.4 cm³/mol. The third-order valence-corrected chi connectivity index (χ3v) is 5.26. The van der Waals surface area contributed by atoms with Crippen LogP contribution in [0.1, 0.15) is 38.8 Å². The van der Waals surface area contributed by atoms with Crippen molar-refractivity contribution in [3.05, 3.63) is 35.9 Å². The van der Waals surface area contributed by atoms with Crippen molar-refractivity contribution in [1.82, 2.24) is 4.31 Å². The molecule has 100 valence electrons. The fourth-order valence-electron chi connectivity index (χ4n) is 2.26. The van der Waals surface area contributed by atoms with Gasteiger partial charge < -0.3 is 5.11 Å². The second-order valence-corrected chi connectivity index (χ2v) is 7.86. The number of aliphatic hydroxyl groups is 1. The fraction of sp³-hybridized carbons (Fsp3) is 0.571. The largest absolute Gasteiger partial charge is 0.395 e. The van der Waals surface area contributed by atoms with Crippen LogP contribution in [0, 0.1) is 0 Å². The van der Waals surface area contributed by atoms with Crippen molar-refractivity contribution in [2.45, 2.75) is 44.0 Å². The number of benzene rings is 1. The molecular weight excluding hydrogens is 246 g/mol. The molecule has 2 rings (SSSR count). The van der Waals surface area contributed by atoms with E-state index in [-0.39, 0.29) is 23.4 Å². The zero-order valence-corrected chi connectivity index (χ0v) is 12.0. The van der Waals surface area contributed by atoms with Crippen molar-refractivity contribution in [2.75, 3.05) is 6.61 Å². The monoisotopic (exact) mass is 267 g/mol. The van der Waals surface area contributed by atoms with Gasteiger partial charge in [0.05, 0.1) is 11.4 Å². The SMILES string of the molecule is CC(C)(C)[S@@](=O)N1[C@H](CO)C[C@H]1c1ccccc1. The van der Waals surface area contributed by atoms with Gasteiger partial charge in [-0.1, -0.05) is 30.3 Å². The number of hydrogen-bond donors (Lipinski definition) is 1. The predicted octanol–water partition coefficient (Wildman–Crippen LogP) is 2.26. The summed E-state index contributed by atoms with van der Waals surface area (Å²) in [5.74, 6) is 0. The van der Waals surface area contributed by atoms with E-state index < -0.39 is 11.0 Å². The Morgan fingerprint density at radius 3 is 2.44 bits per heavy atom. The smallest absolute Gasteiger partial charge is 0.101 e.